The van der Waals surface area contributed by atoms with Gasteiger partial charge in [0.05, 0.1) is 22.6 Å². The maximum atomic E-state index is 12.3. The van der Waals surface area contributed by atoms with Crippen molar-refractivity contribution < 1.29 is 15.0 Å². The van der Waals surface area contributed by atoms with Crippen LogP contribution in [0.3, 0.4) is 0 Å². The number of carbonyl (C=O) groups is 1. The van der Waals surface area contributed by atoms with E-state index in [4.69, 9.17) is 5.11 Å². The number of aromatic nitrogens is 2. The molecule has 0 spiro atoms. The zero-order valence-electron chi connectivity index (χ0n) is 15.1. The second kappa shape index (κ2) is 7.36. The lowest BCUT2D eigenvalue weighted by Gasteiger charge is -2.13. The number of carboxylic acids is 1. The third-order valence-electron chi connectivity index (χ3n) is 4.19. The van der Waals surface area contributed by atoms with Crippen molar-refractivity contribution in [2.24, 2.45) is 4.99 Å². The summed E-state index contributed by atoms with van der Waals surface area (Å²) in [4.78, 5) is 42.2. The molecule has 3 N–H and O–H groups in total. The number of hydrogen-bond acceptors (Lipinski definition) is 5. The lowest BCUT2D eigenvalue weighted by atomic mass is 10.1. The summed E-state index contributed by atoms with van der Waals surface area (Å²) < 4.78 is 0.999. The van der Waals surface area contributed by atoms with Crippen molar-refractivity contribution in [1.29, 1.82) is 0 Å². The molecule has 0 saturated carbocycles. The molecule has 2 aromatic carbocycles. The molecular weight excluding hydrogens is 362 g/mol. The summed E-state index contributed by atoms with van der Waals surface area (Å²) in [7, 11) is 0. The van der Waals surface area contributed by atoms with Crippen LogP contribution in [0.25, 0.3) is 5.69 Å². The Morgan fingerprint density at radius 1 is 1.11 bits per heavy atom. The van der Waals surface area contributed by atoms with E-state index in [1.807, 2.05) is 0 Å². The zero-order chi connectivity index (χ0) is 20.4. The summed E-state index contributed by atoms with van der Waals surface area (Å²) in [6.07, 6.45) is 0. The Bertz CT molecular complexity index is 1220. The first kappa shape index (κ1) is 18.8. The van der Waals surface area contributed by atoms with Crippen molar-refractivity contribution in [3.63, 3.8) is 0 Å². The highest BCUT2D eigenvalue weighted by Gasteiger charge is 2.19. The standard InChI is InChI=1S/C20H17N3O5/c1-11-6-3-4-9-15(11)23-18(25)16(17(24)22-20(23)28)12(2)21-14-8-5-7-13(10-14)19(26)27/h3-10,25H,1-2H3,(H,26,27)(H,22,24,28). The van der Waals surface area contributed by atoms with E-state index in [-0.39, 0.29) is 16.8 Å². The lowest BCUT2D eigenvalue weighted by molar-refractivity contribution is 0.0697. The molecule has 3 rings (SSSR count). The molecule has 0 bridgehead atoms. The maximum Gasteiger partial charge on any atom is 0.335 e. The van der Waals surface area contributed by atoms with Gasteiger partial charge in [-0.15, -0.1) is 0 Å². The van der Waals surface area contributed by atoms with Crippen LogP contribution in [0.15, 0.2) is 63.1 Å². The predicted octanol–water partition coefficient (Wildman–Crippen LogP) is 2.38. The molecule has 0 unspecified atom stereocenters. The number of hydrogen-bond donors (Lipinski definition) is 3. The molecule has 0 aliphatic rings. The molecule has 0 amide bonds. The van der Waals surface area contributed by atoms with Crippen LogP contribution in [0.2, 0.25) is 0 Å². The number of rotatable bonds is 4. The van der Waals surface area contributed by atoms with Crippen LogP contribution in [0.5, 0.6) is 5.88 Å². The monoisotopic (exact) mass is 379 g/mol. The summed E-state index contributed by atoms with van der Waals surface area (Å²) in [5, 5.41) is 19.8. The summed E-state index contributed by atoms with van der Waals surface area (Å²) in [5.74, 6) is -1.65. The van der Waals surface area contributed by atoms with Crippen molar-refractivity contribution >= 4 is 17.4 Å². The normalized spacial score (nSPS) is 11.4. The predicted molar refractivity (Wildman–Crippen MR) is 104 cm³/mol. The Morgan fingerprint density at radius 3 is 2.50 bits per heavy atom. The fourth-order valence-electron chi connectivity index (χ4n) is 2.85. The number of carboxylic acid groups (broad SMARTS) is 1. The zero-order valence-corrected chi connectivity index (χ0v) is 15.1. The first-order valence-corrected chi connectivity index (χ1v) is 8.33. The molecule has 1 heterocycles. The number of H-pyrrole nitrogens is 1. The van der Waals surface area contributed by atoms with E-state index in [0.29, 0.717) is 11.4 Å². The fourth-order valence-corrected chi connectivity index (χ4v) is 2.85. The highest BCUT2D eigenvalue weighted by atomic mass is 16.4. The minimum Gasteiger partial charge on any atom is -0.493 e. The molecule has 8 nitrogen and oxygen atoms in total. The quantitative estimate of drug-likeness (QED) is 0.600. The van der Waals surface area contributed by atoms with Gasteiger partial charge in [-0.3, -0.25) is 14.8 Å². The topological polar surface area (TPSA) is 125 Å². The van der Waals surface area contributed by atoms with Gasteiger partial charge in [-0.1, -0.05) is 24.3 Å². The Morgan fingerprint density at radius 2 is 1.82 bits per heavy atom. The Kier molecular flexibility index (Phi) is 4.95. The van der Waals surface area contributed by atoms with E-state index in [0.717, 1.165) is 10.1 Å². The van der Waals surface area contributed by atoms with Gasteiger partial charge in [0.1, 0.15) is 5.56 Å². The molecule has 1 aromatic heterocycles. The molecule has 142 valence electrons. The van der Waals surface area contributed by atoms with E-state index < -0.39 is 23.1 Å². The summed E-state index contributed by atoms with van der Waals surface area (Å²) in [6, 6.07) is 12.7. The number of benzene rings is 2. The van der Waals surface area contributed by atoms with Gasteiger partial charge in [-0.2, -0.15) is 0 Å². The summed E-state index contributed by atoms with van der Waals surface area (Å²) >= 11 is 0. The fraction of sp³-hybridized carbons (Fsp3) is 0.100. The van der Waals surface area contributed by atoms with E-state index in [9.17, 15) is 19.5 Å². The summed E-state index contributed by atoms with van der Waals surface area (Å²) in [6.45, 7) is 3.26. The average molecular weight is 379 g/mol. The van der Waals surface area contributed by atoms with Crippen LogP contribution in [-0.4, -0.2) is 31.4 Å². The highest BCUT2D eigenvalue weighted by molar-refractivity contribution is 6.02. The molecule has 3 aromatic rings. The van der Waals surface area contributed by atoms with E-state index >= 15 is 0 Å². The van der Waals surface area contributed by atoms with Gasteiger partial charge in [0.2, 0.25) is 5.88 Å². The number of para-hydroxylation sites is 1. The van der Waals surface area contributed by atoms with Gasteiger partial charge in [-0.25, -0.2) is 14.2 Å². The Labute approximate surface area is 159 Å². The molecule has 0 fully saturated rings. The van der Waals surface area contributed by atoms with Crippen molar-refractivity contribution in [3.05, 3.63) is 86.1 Å². The molecule has 0 atom stereocenters. The van der Waals surface area contributed by atoms with E-state index in [1.165, 1.54) is 25.1 Å². The third-order valence-corrected chi connectivity index (χ3v) is 4.19. The van der Waals surface area contributed by atoms with Crippen LogP contribution in [0.4, 0.5) is 5.69 Å². The second-order valence-corrected chi connectivity index (χ2v) is 6.13. The number of aromatic amines is 1. The number of nitrogens with one attached hydrogen (secondary N) is 1. The number of aliphatic imine (C=N–C) groups is 1. The first-order chi connectivity index (χ1) is 13.3. The van der Waals surface area contributed by atoms with Gasteiger partial charge < -0.3 is 10.2 Å². The molecule has 0 saturated heterocycles. The van der Waals surface area contributed by atoms with Gasteiger partial charge in [-0.05, 0) is 43.7 Å². The molecule has 0 aliphatic carbocycles. The Hall–Kier alpha value is -3.94. The summed E-state index contributed by atoms with van der Waals surface area (Å²) in [5.41, 5.74) is -0.136. The van der Waals surface area contributed by atoms with Crippen molar-refractivity contribution in [1.82, 2.24) is 9.55 Å². The minimum absolute atomic E-state index is 0.0389. The molecule has 28 heavy (non-hydrogen) atoms. The van der Waals surface area contributed by atoms with Gasteiger partial charge in [0.15, 0.2) is 0 Å². The highest BCUT2D eigenvalue weighted by Crippen LogP contribution is 2.22. The second-order valence-electron chi connectivity index (χ2n) is 6.13. The van der Waals surface area contributed by atoms with E-state index in [2.05, 4.69) is 9.98 Å². The molecule has 0 radical (unpaired) electrons. The van der Waals surface area contributed by atoms with Gasteiger partial charge >= 0.3 is 11.7 Å². The number of nitrogens with zero attached hydrogens (tertiary/aromatic N) is 2. The van der Waals surface area contributed by atoms with Crippen LogP contribution < -0.4 is 11.2 Å². The van der Waals surface area contributed by atoms with Crippen LogP contribution >= 0.6 is 0 Å². The maximum absolute atomic E-state index is 12.3. The molecule has 0 aliphatic heterocycles. The van der Waals surface area contributed by atoms with Crippen LogP contribution in [0.1, 0.15) is 28.4 Å². The number of aromatic hydroxyl groups is 1. The number of aromatic carboxylic acids is 1. The van der Waals surface area contributed by atoms with Crippen molar-refractivity contribution in [2.75, 3.05) is 0 Å². The van der Waals surface area contributed by atoms with Crippen molar-refractivity contribution in [2.45, 2.75) is 13.8 Å². The van der Waals surface area contributed by atoms with Gasteiger partial charge in [0, 0.05) is 0 Å². The number of aryl methyl sites for hydroxylation is 1. The smallest absolute Gasteiger partial charge is 0.335 e. The van der Waals surface area contributed by atoms with Crippen LogP contribution in [-0.2, 0) is 0 Å². The minimum atomic E-state index is -1.11. The molecule has 8 heteroatoms. The Balaban J connectivity index is 2.20. The average Bonchev–Trinajstić information content (AvgIpc) is 2.63. The lowest BCUT2D eigenvalue weighted by Crippen LogP contribution is -2.33. The largest absolute Gasteiger partial charge is 0.493 e. The SMILES string of the molecule is CC(=Nc1cccc(C(=O)O)c1)c1c(O)n(-c2ccccc2C)c(=O)[nH]c1=O. The van der Waals surface area contributed by atoms with Crippen molar-refractivity contribution in [3.8, 4) is 11.6 Å². The molecular formula is C20H17N3O5. The first-order valence-electron chi connectivity index (χ1n) is 8.33. The third kappa shape index (κ3) is 3.48. The van der Waals surface area contributed by atoms with Crippen LogP contribution in [0, 0.1) is 6.92 Å². The van der Waals surface area contributed by atoms with Gasteiger partial charge in [0.25, 0.3) is 5.56 Å². The van der Waals surface area contributed by atoms with E-state index in [1.54, 1.807) is 37.3 Å².